The van der Waals surface area contributed by atoms with E-state index in [9.17, 15) is 4.79 Å². The number of carbonyl (C=O) groups excluding carboxylic acids is 1. The summed E-state index contributed by atoms with van der Waals surface area (Å²) in [5, 5.41) is 4.71. The highest BCUT2D eigenvalue weighted by Gasteiger charge is 2.38. The highest BCUT2D eigenvalue weighted by molar-refractivity contribution is 9.10. The molecule has 0 aromatic heterocycles. The minimum Gasteiger partial charge on any atom is -0.280 e. The second-order valence-corrected chi connectivity index (χ2v) is 6.18. The molecule has 114 valence electrons. The summed E-state index contributed by atoms with van der Waals surface area (Å²) < 4.78 is 0.974. The Kier molecular flexibility index (Phi) is 4.57. The third-order valence-electron chi connectivity index (χ3n) is 3.61. The molecule has 3 rings (SSSR count). The fraction of sp³-hybridized carbons (Fsp3) is 0.235. The summed E-state index contributed by atoms with van der Waals surface area (Å²) in [4.78, 5) is 18.1. The van der Waals surface area contributed by atoms with Gasteiger partial charge in [-0.15, -0.1) is 0 Å². The molecule has 0 aliphatic carbocycles. The van der Waals surface area contributed by atoms with E-state index >= 15 is 0 Å². The minimum absolute atomic E-state index is 0.0547. The van der Waals surface area contributed by atoms with Crippen LogP contribution in [0, 0.1) is 0 Å². The molecule has 1 amide bonds. The molecule has 1 saturated heterocycles. The topological polar surface area (TPSA) is 41.6 Å². The highest BCUT2D eigenvalue weighted by Crippen LogP contribution is 2.28. The van der Waals surface area contributed by atoms with E-state index in [-0.39, 0.29) is 18.1 Å². The van der Waals surface area contributed by atoms with Crippen molar-refractivity contribution in [1.29, 1.82) is 0 Å². The fourth-order valence-corrected chi connectivity index (χ4v) is 2.88. The van der Waals surface area contributed by atoms with E-state index in [4.69, 9.17) is 4.84 Å². The van der Waals surface area contributed by atoms with Crippen molar-refractivity contribution < 1.29 is 9.63 Å². The normalized spacial score (nSPS) is 21.4. The number of carbonyl (C=O) groups is 1. The second-order valence-electron chi connectivity index (χ2n) is 5.27. The number of hydroxylamine groups is 2. The SMILES string of the molecule is C[C@@H]1NC(c2cccc(Br)c2)N(OCc2ccccc2)C1=O. The first-order chi connectivity index (χ1) is 10.6. The summed E-state index contributed by atoms with van der Waals surface area (Å²) in [6, 6.07) is 17.4. The average molecular weight is 361 g/mol. The zero-order valence-electron chi connectivity index (χ0n) is 12.2. The lowest BCUT2D eigenvalue weighted by molar-refractivity contribution is -0.197. The van der Waals surface area contributed by atoms with Crippen LogP contribution in [0.25, 0.3) is 0 Å². The number of nitrogens with zero attached hydrogens (tertiary/aromatic N) is 1. The van der Waals surface area contributed by atoms with Gasteiger partial charge < -0.3 is 0 Å². The van der Waals surface area contributed by atoms with Gasteiger partial charge >= 0.3 is 0 Å². The number of hydrogen-bond acceptors (Lipinski definition) is 3. The molecule has 1 aliphatic heterocycles. The van der Waals surface area contributed by atoms with Crippen LogP contribution in [0.5, 0.6) is 0 Å². The van der Waals surface area contributed by atoms with E-state index in [0.717, 1.165) is 15.6 Å². The molecule has 0 radical (unpaired) electrons. The van der Waals surface area contributed by atoms with Crippen LogP contribution in [-0.2, 0) is 16.2 Å². The van der Waals surface area contributed by atoms with Gasteiger partial charge in [0.15, 0.2) is 0 Å². The standard InChI is InChI=1S/C17H17BrN2O2/c1-12-17(21)20(22-11-13-6-3-2-4-7-13)16(19-12)14-8-5-9-15(18)10-14/h2-10,12,16,19H,11H2,1H3/t12-,16?/m0/s1. The third kappa shape index (κ3) is 3.21. The largest absolute Gasteiger partial charge is 0.280 e. The van der Waals surface area contributed by atoms with Gasteiger partial charge in [-0.2, -0.15) is 5.06 Å². The Morgan fingerprint density at radius 3 is 2.68 bits per heavy atom. The lowest BCUT2D eigenvalue weighted by atomic mass is 10.2. The molecule has 22 heavy (non-hydrogen) atoms. The third-order valence-corrected chi connectivity index (χ3v) is 4.10. The van der Waals surface area contributed by atoms with Gasteiger partial charge in [-0.25, -0.2) is 0 Å². The molecule has 1 heterocycles. The summed E-state index contributed by atoms with van der Waals surface area (Å²) in [6.07, 6.45) is -0.274. The van der Waals surface area contributed by atoms with Crippen LogP contribution in [0.4, 0.5) is 0 Å². The summed E-state index contributed by atoms with van der Waals surface area (Å²) in [7, 11) is 0. The van der Waals surface area contributed by atoms with Gasteiger partial charge in [0.05, 0.1) is 6.04 Å². The number of hydrogen-bond donors (Lipinski definition) is 1. The van der Waals surface area contributed by atoms with Crippen molar-refractivity contribution in [2.24, 2.45) is 0 Å². The molecule has 0 bridgehead atoms. The molecule has 2 atom stereocenters. The maximum absolute atomic E-state index is 12.3. The van der Waals surface area contributed by atoms with Gasteiger partial charge in [-0.05, 0) is 30.2 Å². The van der Waals surface area contributed by atoms with Crippen molar-refractivity contribution in [3.05, 3.63) is 70.2 Å². The number of halogens is 1. The molecule has 1 N–H and O–H groups in total. The van der Waals surface area contributed by atoms with Gasteiger partial charge in [0.25, 0.3) is 5.91 Å². The van der Waals surface area contributed by atoms with E-state index in [0.29, 0.717) is 6.61 Å². The molecular formula is C17H17BrN2O2. The van der Waals surface area contributed by atoms with Crippen molar-refractivity contribution in [3.63, 3.8) is 0 Å². The Morgan fingerprint density at radius 1 is 1.18 bits per heavy atom. The molecule has 2 aromatic carbocycles. The highest BCUT2D eigenvalue weighted by atomic mass is 79.9. The fourth-order valence-electron chi connectivity index (χ4n) is 2.46. The predicted octanol–water partition coefficient (Wildman–Crippen LogP) is 3.40. The van der Waals surface area contributed by atoms with E-state index in [2.05, 4.69) is 21.2 Å². The molecular weight excluding hydrogens is 344 g/mol. The summed E-state index contributed by atoms with van der Waals surface area (Å²) in [5.41, 5.74) is 2.02. The number of rotatable bonds is 4. The maximum atomic E-state index is 12.3. The van der Waals surface area contributed by atoms with Gasteiger partial charge in [0.2, 0.25) is 0 Å². The molecule has 0 saturated carbocycles. The van der Waals surface area contributed by atoms with Crippen LogP contribution in [-0.4, -0.2) is 17.0 Å². The minimum atomic E-state index is -0.274. The Bertz CT molecular complexity index is 663. The Labute approximate surface area is 138 Å². The quantitative estimate of drug-likeness (QED) is 0.908. The molecule has 0 spiro atoms. The van der Waals surface area contributed by atoms with Crippen LogP contribution in [0.1, 0.15) is 24.2 Å². The van der Waals surface area contributed by atoms with Crippen molar-refractivity contribution >= 4 is 21.8 Å². The van der Waals surface area contributed by atoms with E-state index < -0.39 is 0 Å². The van der Waals surface area contributed by atoms with E-state index in [1.807, 2.05) is 61.5 Å². The number of benzene rings is 2. The Morgan fingerprint density at radius 2 is 1.95 bits per heavy atom. The van der Waals surface area contributed by atoms with Crippen molar-refractivity contribution in [2.45, 2.75) is 25.7 Å². The van der Waals surface area contributed by atoms with Gasteiger partial charge in [-0.3, -0.25) is 14.9 Å². The van der Waals surface area contributed by atoms with Crippen LogP contribution in [0.3, 0.4) is 0 Å². The van der Waals surface area contributed by atoms with Gasteiger partial charge in [0, 0.05) is 4.47 Å². The van der Waals surface area contributed by atoms with Crippen molar-refractivity contribution in [3.8, 4) is 0 Å². The molecule has 1 aliphatic rings. The molecule has 1 unspecified atom stereocenters. The molecule has 1 fully saturated rings. The Balaban J connectivity index is 1.78. The molecule has 4 nitrogen and oxygen atoms in total. The summed E-state index contributed by atoms with van der Waals surface area (Å²) >= 11 is 3.46. The summed E-state index contributed by atoms with van der Waals surface area (Å²) in [5.74, 6) is -0.0547. The first-order valence-electron chi connectivity index (χ1n) is 7.16. The average Bonchev–Trinajstić information content (AvgIpc) is 2.82. The van der Waals surface area contributed by atoms with Crippen LogP contribution < -0.4 is 5.32 Å². The lowest BCUT2D eigenvalue weighted by Gasteiger charge is -2.23. The monoisotopic (exact) mass is 360 g/mol. The molecule has 5 heteroatoms. The van der Waals surface area contributed by atoms with Gasteiger partial charge in [0.1, 0.15) is 12.8 Å². The van der Waals surface area contributed by atoms with E-state index in [1.165, 1.54) is 5.06 Å². The van der Waals surface area contributed by atoms with Crippen molar-refractivity contribution in [1.82, 2.24) is 10.4 Å². The smallest absolute Gasteiger partial charge is 0.264 e. The lowest BCUT2D eigenvalue weighted by Crippen LogP contribution is -2.30. The van der Waals surface area contributed by atoms with Crippen molar-refractivity contribution in [2.75, 3.05) is 0 Å². The zero-order valence-corrected chi connectivity index (χ0v) is 13.8. The van der Waals surface area contributed by atoms with Crippen LogP contribution in [0.2, 0.25) is 0 Å². The number of amides is 1. The van der Waals surface area contributed by atoms with Crippen LogP contribution >= 0.6 is 15.9 Å². The predicted molar refractivity (Wildman–Crippen MR) is 87.6 cm³/mol. The molecule has 2 aromatic rings. The second kappa shape index (κ2) is 6.60. The van der Waals surface area contributed by atoms with Gasteiger partial charge in [-0.1, -0.05) is 58.4 Å². The zero-order chi connectivity index (χ0) is 15.5. The van der Waals surface area contributed by atoms with Crippen LogP contribution in [0.15, 0.2) is 59.1 Å². The van der Waals surface area contributed by atoms with E-state index in [1.54, 1.807) is 0 Å². The first kappa shape index (κ1) is 15.2. The summed E-state index contributed by atoms with van der Waals surface area (Å²) in [6.45, 7) is 2.21. The Hall–Kier alpha value is -1.69. The number of nitrogens with one attached hydrogen (secondary N) is 1. The maximum Gasteiger partial charge on any atom is 0.264 e. The first-order valence-corrected chi connectivity index (χ1v) is 7.96.